The number of methoxy groups -OCH3 is 2. The second kappa shape index (κ2) is 7.94. The maximum atomic E-state index is 12.8. The van der Waals surface area contributed by atoms with E-state index >= 15 is 0 Å². The molecule has 0 aliphatic carbocycles. The Morgan fingerprint density at radius 1 is 1.07 bits per heavy atom. The number of amides is 1. The van der Waals surface area contributed by atoms with Crippen LogP contribution in [0.4, 0.5) is 5.69 Å². The number of thioether (sulfide) groups is 1. The Morgan fingerprint density at radius 3 is 2.33 bits per heavy atom. The van der Waals surface area contributed by atoms with Crippen molar-refractivity contribution >= 4 is 51.8 Å². The first-order valence-corrected chi connectivity index (χ1v) is 9.28. The normalized spacial score (nSPS) is 15.4. The molecule has 0 radical (unpaired) electrons. The number of anilines is 1. The van der Waals surface area contributed by atoms with Crippen LogP contribution in [-0.4, -0.2) is 30.2 Å². The van der Waals surface area contributed by atoms with Crippen LogP contribution in [0.2, 0.25) is 0 Å². The summed E-state index contributed by atoms with van der Waals surface area (Å²) in [5.74, 6) is 0.977. The standard InChI is InChI=1S/C20H17NO4S2/c1-12(22)14-5-7-15(8-6-14)21-19(23)18(27-20(21)26)11-13-4-9-16(24-2)17(10-13)25-3/h4-11H,1-3H3. The number of rotatable bonds is 5. The predicted octanol–water partition coefficient (Wildman–Crippen LogP) is 4.31. The number of carbonyl (C=O) groups is 2. The van der Waals surface area contributed by atoms with Gasteiger partial charge in [0.2, 0.25) is 0 Å². The number of nitrogens with zero attached hydrogens (tertiary/aromatic N) is 1. The summed E-state index contributed by atoms with van der Waals surface area (Å²) in [4.78, 5) is 26.2. The largest absolute Gasteiger partial charge is 0.493 e. The fourth-order valence-corrected chi connectivity index (χ4v) is 3.93. The second-order valence-corrected chi connectivity index (χ2v) is 7.41. The summed E-state index contributed by atoms with van der Waals surface area (Å²) >= 11 is 6.62. The molecule has 1 aliphatic rings. The van der Waals surface area contributed by atoms with Crippen LogP contribution in [-0.2, 0) is 4.79 Å². The van der Waals surface area contributed by atoms with Crippen molar-refractivity contribution < 1.29 is 19.1 Å². The number of hydrogen-bond donors (Lipinski definition) is 0. The number of hydrogen-bond acceptors (Lipinski definition) is 6. The Labute approximate surface area is 167 Å². The molecule has 0 N–H and O–H groups in total. The van der Waals surface area contributed by atoms with Gasteiger partial charge < -0.3 is 9.47 Å². The van der Waals surface area contributed by atoms with Crippen LogP contribution in [0.1, 0.15) is 22.8 Å². The second-order valence-electron chi connectivity index (χ2n) is 5.73. The van der Waals surface area contributed by atoms with Gasteiger partial charge >= 0.3 is 0 Å². The molecular weight excluding hydrogens is 382 g/mol. The monoisotopic (exact) mass is 399 g/mol. The van der Waals surface area contributed by atoms with Crippen molar-refractivity contribution in [2.45, 2.75) is 6.92 Å². The molecule has 3 rings (SSSR count). The Bertz CT molecular complexity index is 951. The van der Waals surface area contributed by atoms with Crippen molar-refractivity contribution in [2.75, 3.05) is 19.1 Å². The maximum Gasteiger partial charge on any atom is 0.270 e. The molecule has 0 unspecified atom stereocenters. The van der Waals surface area contributed by atoms with Crippen molar-refractivity contribution in [3.63, 3.8) is 0 Å². The molecule has 1 heterocycles. The zero-order valence-electron chi connectivity index (χ0n) is 15.0. The minimum absolute atomic E-state index is 0.0275. The van der Waals surface area contributed by atoms with Gasteiger partial charge in [-0.25, -0.2) is 0 Å². The summed E-state index contributed by atoms with van der Waals surface area (Å²) in [6.45, 7) is 1.50. The molecule has 1 fully saturated rings. The lowest BCUT2D eigenvalue weighted by Crippen LogP contribution is -2.27. The Morgan fingerprint density at radius 2 is 1.74 bits per heavy atom. The number of benzene rings is 2. The van der Waals surface area contributed by atoms with Gasteiger partial charge in [-0.3, -0.25) is 14.5 Å². The summed E-state index contributed by atoms with van der Waals surface area (Å²) in [5.41, 5.74) is 2.03. The lowest BCUT2D eigenvalue weighted by molar-refractivity contribution is -0.113. The van der Waals surface area contributed by atoms with Gasteiger partial charge in [0.1, 0.15) is 0 Å². The summed E-state index contributed by atoms with van der Waals surface area (Å²) in [6.07, 6.45) is 1.77. The summed E-state index contributed by atoms with van der Waals surface area (Å²) < 4.78 is 11.0. The van der Waals surface area contributed by atoms with Crippen LogP contribution in [0, 0.1) is 0 Å². The van der Waals surface area contributed by atoms with E-state index in [1.165, 1.54) is 23.6 Å². The highest BCUT2D eigenvalue weighted by Gasteiger charge is 2.33. The van der Waals surface area contributed by atoms with E-state index in [4.69, 9.17) is 21.7 Å². The fraction of sp³-hybridized carbons (Fsp3) is 0.150. The van der Waals surface area contributed by atoms with Crippen molar-refractivity contribution in [1.82, 2.24) is 0 Å². The Hall–Kier alpha value is -2.64. The average Bonchev–Trinajstić information content (AvgIpc) is 2.94. The van der Waals surface area contributed by atoms with Gasteiger partial charge in [0.25, 0.3) is 5.91 Å². The first kappa shape index (κ1) is 19.1. The topological polar surface area (TPSA) is 55.8 Å². The molecule has 0 aromatic heterocycles. The summed E-state index contributed by atoms with van der Waals surface area (Å²) in [6, 6.07) is 12.2. The van der Waals surface area contributed by atoms with Gasteiger partial charge in [-0.1, -0.05) is 30.0 Å². The van der Waals surface area contributed by atoms with Gasteiger partial charge in [0.05, 0.1) is 24.8 Å². The fourth-order valence-electron chi connectivity index (χ4n) is 2.63. The lowest BCUT2D eigenvalue weighted by Gasteiger charge is -2.14. The minimum Gasteiger partial charge on any atom is -0.493 e. The highest BCUT2D eigenvalue weighted by molar-refractivity contribution is 8.27. The Balaban J connectivity index is 1.89. The van der Waals surface area contributed by atoms with Gasteiger partial charge in [-0.05, 0) is 55.0 Å². The highest BCUT2D eigenvalue weighted by atomic mass is 32.2. The van der Waals surface area contributed by atoms with E-state index in [0.29, 0.717) is 32.0 Å². The molecule has 0 bridgehead atoms. The van der Waals surface area contributed by atoms with E-state index in [1.807, 2.05) is 6.07 Å². The van der Waals surface area contributed by atoms with Crippen LogP contribution in [0.5, 0.6) is 11.5 Å². The molecule has 0 atom stereocenters. The van der Waals surface area contributed by atoms with E-state index in [-0.39, 0.29) is 11.7 Å². The van der Waals surface area contributed by atoms with E-state index < -0.39 is 0 Å². The molecule has 7 heteroatoms. The molecule has 0 spiro atoms. The van der Waals surface area contributed by atoms with Crippen LogP contribution in [0.25, 0.3) is 6.08 Å². The van der Waals surface area contributed by atoms with E-state index in [2.05, 4.69) is 0 Å². The highest BCUT2D eigenvalue weighted by Crippen LogP contribution is 2.37. The average molecular weight is 399 g/mol. The molecule has 0 saturated carbocycles. The van der Waals surface area contributed by atoms with Crippen LogP contribution >= 0.6 is 24.0 Å². The first-order chi connectivity index (χ1) is 12.9. The van der Waals surface area contributed by atoms with Crippen LogP contribution in [0.3, 0.4) is 0 Å². The number of ketones is 1. The lowest BCUT2D eigenvalue weighted by atomic mass is 10.1. The van der Waals surface area contributed by atoms with Crippen LogP contribution < -0.4 is 14.4 Å². The van der Waals surface area contributed by atoms with Gasteiger partial charge in [0, 0.05) is 5.56 Å². The molecule has 2 aromatic carbocycles. The molecule has 1 aliphatic heterocycles. The van der Waals surface area contributed by atoms with Crippen molar-refractivity contribution in [3.05, 3.63) is 58.5 Å². The third kappa shape index (κ3) is 3.89. The molecule has 27 heavy (non-hydrogen) atoms. The number of Topliss-reactive ketones (excluding diaryl/α,β-unsaturated/α-hetero) is 1. The quantitative estimate of drug-likeness (QED) is 0.424. The summed E-state index contributed by atoms with van der Waals surface area (Å²) in [5, 5.41) is 0. The molecule has 5 nitrogen and oxygen atoms in total. The smallest absolute Gasteiger partial charge is 0.270 e. The van der Waals surface area contributed by atoms with Crippen LogP contribution in [0.15, 0.2) is 47.4 Å². The molecule has 1 saturated heterocycles. The van der Waals surface area contributed by atoms with Gasteiger partial charge in [0.15, 0.2) is 21.6 Å². The molecular formula is C20H17NO4S2. The minimum atomic E-state index is -0.199. The number of carbonyl (C=O) groups excluding carboxylic acids is 2. The number of ether oxygens (including phenoxy) is 2. The van der Waals surface area contributed by atoms with Crippen molar-refractivity contribution in [2.24, 2.45) is 0 Å². The van der Waals surface area contributed by atoms with Crippen molar-refractivity contribution in [3.8, 4) is 11.5 Å². The zero-order chi connectivity index (χ0) is 19.6. The predicted molar refractivity (Wildman–Crippen MR) is 112 cm³/mol. The van der Waals surface area contributed by atoms with E-state index in [9.17, 15) is 9.59 Å². The molecule has 2 aromatic rings. The maximum absolute atomic E-state index is 12.8. The third-order valence-corrected chi connectivity index (χ3v) is 5.33. The van der Waals surface area contributed by atoms with E-state index in [1.54, 1.807) is 56.7 Å². The van der Waals surface area contributed by atoms with Gasteiger partial charge in [-0.15, -0.1) is 0 Å². The zero-order valence-corrected chi connectivity index (χ0v) is 16.6. The third-order valence-electron chi connectivity index (χ3n) is 4.03. The SMILES string of the molecule is COc1ccc(C=C2SC(=S)N(c3ccc(C(C)=O)cc3)C2=O)cc1OC. The molecule has 1 amide bonds. The Kier molecular flexibility index (Phi) is 5.62. The first-order valence-electron chi connectivity index (χ1n) is 8.05. The number of thiocarbonyl (C=S) groups is 1. The van der Waals surface area contributed by atoms with Gasteiger partial charge in [-0.2, -0.15) is 0 Å². The van der Waals surface area contributed by atoms with Crippen molar-refractivity contribution in [1.29, 1.82) is 0 Å². The molecule has 138 valence electrons. The summed E-state index contributed by atoms with van der Waals surface area (Å²) in [7, 11) is 3.13. The van der Waals surface area contributed by atoms with E-state index in [0.717, 1.165) is 5.56 Å².